The quantitative estimate of drug-likeness (QED) is 0.530. The van der Waals surface area contributed by atoms with Crippen molar-refractivity contribution in [1.82, 2.24) is 0 Å². The third kappa shape index (κ3) is 3.28. The monoisotopic (exact) mass is 388 g/mol. The summed E-state index contributed by atoms with van der Waals surface area (Å²) in [5.74, 6) is -2.11. The molecular formula is C14H8Br2F2O. The fourth-order valence-electron chi connectivity index (χ4n) is 1.58. The highest BCUT2D eigenvalue weighted by Gasteiger charge is 2.20. The van der Waals surface area contributed by atoms with E-state index in [9.17, 15) is 13.6 Å². The molecule has 0 aromatic heterocycles. The van der Waals surface area contributed by atoms with E-state index in [1.54, 1.807) is 24.3 Å². The number of hydrogen-bond acceptors (Lipinski definition) is 1. The van der Waals surface area contributed by atoms with Crippen LogP contribution in [0.3, 0.4) is 0 Å². The lowest BCUT2D eigenvalue weighted by atomic mass is 10.0. The first kappa shape index (κ1) is 14.3. The molecule has 1 nitrogen and oxygen atoms in total. The van der Waals surface area contributed by atoms with E-state index in [0.717, 1.165) is 16.6 Å². The molecule has 0 saturated carbocycles. The molecular weight excluding hydrogens is 382 g/mol. The minimum Gasteiger partial charge on any atom is -0.293 e. The first-order chi connectivity index (χ1) is 8.99. The smallest absolute Gasteiger partial charge is 0.180 e. The van der Waals surface area contributed by atoms with E-state index >= 15 is 0 Å². The number of ketones is 1. The van der Waals surface area contributed by atoms with Crippen LogP contribution in [-0.4, -0.2) is 5.78 Å². The van der Waals surface area contributed by atoms with Crippen molar-refractivity contribution in [1.29, 1.82) is 0 Å². The van der Waals surface area contributed by atoms with Crippen molar-refractivity contribution in [2.24, 2.45) is 0 Å². The van der Waals surface area contributed by atoms with E-state index in [0.29, 0.717) is 11.1 Å². The van der Waals surface area contributed by atoms with Gasteiger partial charge in [0.1, 0.15) is 4.83 Å². The predicted octanol–water partition coefficient (Wildman–Crippen LogP) is 5.05. The Balaban J connectivity index is 2.28. The highest BCUT2D eigenvalue weighted by atomic mass is 79.9. The van der Waals surface area contributed by atoms with Gasteiger partial charge in [-0.2, -0.15) is 0 Å². The van der Waals surface area contributed by atoms with Gasteiger partial charge in [-0.25, -0.2) is 8.78 Å². The molecule has 0 radical (unpaired) electrons. The molecule has 0 N–H and O–H groups in total. The lowest BCUT2D eigenvalue weighted by molar-refractivity contribution is 0.0991. The summed E-state index contributed by atoms with van der Waals surface area (Å²) in [6, 6.07) is 10.2. The van der Waals surface area contributed by atoms with Crippen LogP contribution in [0.15, 0.2) is 46.9 Å². The lowest BCUT2D eigenvalue weighted by Gasteiger charge is -2.10. The molecule has 1 unspecified atom stereocenters. The molecule has 0 aliphatic carbocycles. The van der Waals surface area contributed by atoms with Crippen molar-refractivity contribution in [2.75, 3.05) is 0 Å². The van der Waals surface area contributed by atoms with Crippen LogP contribution in [-0.2, 0) is 0 Å². The standard InChI is InChI=1S/C14H8Br2F2O/c15-10-4-1-8(2-5-10)14(19)13(16)9-3-6-11(17)12(18)7-9/h1-7,13H. The van der Waals surface area contributed by atoms with Gasteiger partial charge in [0, 0.05) is 10.0 Å². The Hall–Kier alpha value is -1.07. The van der Waals surface area contributed by atoms with E-state index in [1.807, 2.05) is 0 Å². The third-order valence-corrected chi connectivity index (χ3v) is 4.07. The molecule has 0 aliphatic heterocycles. The number of Topliss-reactive ketones (excluding diaryl/α,β-unsaturated/α-hetero) is 1. The van der Waals surface area contributed by atoms with E-state index in [2.05, 4.69) is 31.9 Å². The number of alkyl halides is 1. The summed E-state index contributed by atoms with van der Waals surface area (Å²) in [5, 5.41) is 0. The summed E-state index contributed by atoms with van der Waals surface area (Å²) in [7, 11) is 0. The van der Waals surface area contributed by atoms with Crippen LogP contribution in [0.5, 0.6) is 0 Å². The lowest BCUT2D eigenvalue weighted by Crippen LogP contribution is -2.07. The van der Waals surface area contributed by atoms with Crippen LogP contribution >= 0.6 is 31.9 Å². The minimum atomic E-state index is -0.967. The van der Waals surface area contributed by atoms with Gasteiger partial charge in [0.25, 0.3) is 0 Å². The molecule has 1 atom stereocenters. The molecule has 5 heteroatoms. The van der Waals surface area contributed by atoms with Crippen LogP contribution in [0, 0.1) is 11.6 Å². The van der Waals surface area contributed by atoms with Crippen LogP contribution in [0.1, 0.15) is 20.7 Å². The van der Waals surface area contributed by atoms with Crippen molar-refractivity contribution in [3.63, 3.8) is 0 Å². The van der Waals surface area contributed by atoms with Crippen molar-refractivity contribution < 1.29 is 13.6 Å². The Kier molecular flexibility index (Phi) is 4.47. The Morgan fingerprint density at radius 1 is 1.00 bits per heavy atom. The molecule has 0 spiro atoms. The van der Waals surface area contributed by atoms with Gasteiger partial charge in [-0.3, -0.25) is 4.79 Å². The van der Waals surface area contributed by atoms with Gasteiger partial charge in [-0.05, 0) is 29.8 Å². The van der Waals surface area contributed by atoms with E-state index in [4.69, 9.17) is 0 Å². The summed E-state index contributed by atoms with van der Waals surface area (Å²) >= 11 is 6.49. The number of benzene rings is 2. The van der Waals surface area contributed by atoms with E-state index in [-0.39, 0.29) is 5.78 Å². The van der Waals surface area contributed by atoms with Gasteiger partial charge in [-0.15, -0.1) is 0 Å². The number of carbonyl (C=O) groups is 1. The van der Waals surface area contributed by atoms with Crippen molar-refractivity contribution in [3.05, 3.63) is 69.7 Å². The largest absolute Gasteiger partial charge is 0.293 e. The molecule has 0 saturated heterocycles. The second kappa shape index (κ2) is 5.92. The zero-order valence-electron chi connectivity index (χ0n) is 9.54. The van der Waals surface area contributed by atoms with Gasteiger partial charge in [0.2, 0.25) is 0 Å². The molecule has 98 valence electrons. The van der Waals surface area contributed by atoms with Gasteiger partial charge in [0.05, 0.1) is 0 Å². The van der Waals surface area contributed by atoms with E-state index < -0.39 is 16.5 Å². The summed E-state index contributed by atoms with van der Waals surface area (Å²) in [5.41, 5.74) is 0.877. The summed E-state index contributed by atoms with van der Waals surface area (Å²) in [6.45, 7) is 0. The Morgan fingerprint density at radius 3 is 2.21 bits per heavy atom. The average molecular weight is 390 g/mol. The van der Waals surface area contributed by atoms with Crippen LogP contribution in [0.4, 0.5) is 8.78 Å². The number of halogens is 4. The zero-order valence-corrected chi connectivity index (χ0v) is 12.7. The Bertz CT molecular complexity index is 611. The van der Waals surface area contributed by atoms with Crippen LogP contribution < -0.4 is 0 Å². The highest BCUT2D eigenvalue weighted by molar-refractivity contribution is 9.10. The van der Waals surface area contributed by atoms with Gasteiger partial charge in [-0.1, -0.05) is 50.1 Å². The van der Waals surface area contributed by atoms with Gasteiger partial charge >= 0.3 is 0 Å². The Labute approximate surface area is 125 Å². The van der Waals surface area contributed by atoms with Crippen LogP contribution in [0.2, 0.25) is 0 Å². The molecule has 0 amide bonds. The SMILES string of the molecule is O=C(c1ccc(Br)cc1)C(Br)c1ccc(F)c(F)c1. The predicted molar refractivity (Wildman–Crippen MR) is 76.5 cm³/mol. The van der Waals surface area contributed by atoms with E-state index in [1.165, 1.54) is 6.07 Å². The second-order valence-electron chi connectivity index (χ2n) is 3.91. The molecule has 0 heterocycles. The molecule has 0 aliphatic rings. The molecule has 0 bridgehead atoms. The average Bonchev–Trinajstić information content (AvgIpc) is 2.41. The van der Waals surface area contributed by atoms with Gasteiger partial charge < -0.3 is 0 Å². The molecule has 2 rings (SSSR count). The number of rotatable bonds is 3. The third-order valence-electron chi connectivity index (χ3n) is 2.60. The molecule has 2 aromatic carbocycles. The normalized spacial score (nSPS) is 12.2. The summed E-state index contributed by atoms with van der Waals surface area (Å²) < 4.78 is 26.9. The highest BCUT2D eigenvalue weighted by Crippen LogP contribution is 2.28. The zero-order chi connectivity index (χ0) is 14.0. The number of carbonyl (C=O) groups excluding carboxylic acids is 1. The number of hydrogen-bond donors (Lipinski definition) is 0. The maximum Gasteiger partial charge on any atom is 0.180 e. The topological polar surface area (TPSA) is 17.1 Å². The van der Waals surface area contributed by atoms with Crippen LogP contribution in [0.25, 0.3) is 0 Å². The fraction of sp³-hybridized carbons (Fsp3) is 0.0714. The molecule has 2 aromatic rings. The Morgan fingerprint density at radius 2 is 1.63 bits per heavy atom. The summed E-state index contributed by atoms with van der Waals surface area (Å²) in [4.78, 5) is 11.5. The molecule has 0 fully saturated rings. The van der Waals surface area contributed by atoms with Crippen molar-refractivity contribution in [3.8, 4) is 0 Å². The fourth-order valence-corrected chi connectivity index (χ4v) is 2.40. The minimum absolute atomic E-state index is 0.210. The van der Waals surface area contributed by atoms with Gasteiger partial charge in [0.15, 0.2) is 17.4 Å². The van der Waals surface area contributed by atoms with Crippen molar-refractivity contribution in [2.45, 2.75) is 4.83 Å². The first-order valence-corrected chi connectivity index (χ1v) is 7.08. The van der Waals surface area contributed by atoms with Crippen molar-refractivity contribution >= 4 is 37.6 Å². The maximum atomic E-state index is 13.1. The second-order valence-corrected chi connectivity index (χ2v) is 5.74. The maximum absolute atomic E-state index is 13.1. The molecule has 19 heavy (non-hydrogen) atoms. The first-order valence-electron chi connectivity index (χ1n) is 5.38. The summed E-state index contributed by atoms with van der Waals surface area (Å²) in [6.07, 6.45) is 0.